The highest BCUT2D eigenvalue weighted by molar-refractivity contribution is 6.25. The lowest BCUT2D eigenvalue weighted by molar-refractivity contribution is -0.384. The molecule has 0 aromatic heterocycles. The molecule has 1 N–H and O–H groups in total. The Labute approximate surface area is 216 Å². The molecule has 4 aliphatic rings. The third-order valence-electron chi connectivity index (χ3n) is 8.09. The summed E-state index contributed by atoms with van der Waals surface area (Å²) in [6, 6.07) is 11.8. The normalized spacial score (nSPS) is 26.5. The van der Waals surface area contributed by atoms with Gasteiger partial charge in [-0.2, -0.15) is 0 Å². The molecule has 2 aromatic rings. The van der Waals surface area contributed by atoms with Crippen LogP contribution in [0.5, 0.6) is 5.75 Å². The van der Waals surface area contributed by atoms with E-state index in [4.69, 9.17) is 0 Å². The number of nitrogens with zero attached hydrogens (tertiary/aromatic N) is 2. The molecule has 0 radical (unpaired) electrons. The van der Waals surface area contributed by atoms with E-state index in [2.05, 4.69) is 0 Å². The number of non-ortho nitro benzene ring substituents is 1. The van der Waals surface area contributed by atoms with Crippen LogP contribution in [-0.2, 0) is 19.2 Å². The number of nitro benzene ring substituents is 1. The van der Waals surface area contributed by atoms with E-state index in [1.54, 1.807) is 19.1 Å². The maximum atomic E-state index is 13.8. The maximum Gasteiger partial charge on any atom is 0.271 e. The fourth-order valence-electron chi connectivity index (χ4n) is 6.43. The lowest BCUT2D eigenvalue weighted by Gasteiger charge is -2.42. The molecule has 38 heavy (non-hydrogen) atoms. The van der Waals surface area contributed by atoms with Crippen LogP contribution in [0.2, 0.25) is 0 Å². The van der Waals surface area contributed by atoms with Crippen molar-refractivity contribution < 1.29 is 29.2 Å². The standard InChI is InChI=1S/C29H22N2O7/c1-14-11-23(33)26-22(27(14)34)13-21-19(24(26)15-5-7-18(32)8-6-15)9-10-20-25(21)29(36)30(28(20)35)16-3-2-4-17(12-16)31(37)38/h2-9,11-12,20-21,24-25,32H,10,13H2,1H3. The van der Waals surface area contributed by atoms with Crippen LogP contribution in [0.25, 0.3) is 0 Å². The van der Waals surface area contributed by atoms with E-state index >= 15 is 0 Å². The van der Waals surface area contributed by atoms with Crippen LogP contribution in [0.4, 0.5) is 11.4 Å². The summed E-state index contributed by atoms with van der Waals surface area (Å²) in [5.41, 5.74) is 2.45. The van der Waals surface area contributed by atoms with Crippen molar-refractivity contribution in [2.45, 2.75) is 25.7 Å². The number of ketones is 2. The van der Waals surface area contributed by atoms with Crippen LogP contribution < -0.4 is 4.90 Å². The molecule has 1 fully saturated rings. The van der Waals surface area contributed by atoms with Gasteiger partial charge < -0.3 is 5.11 Å². The van der Waals surface area contributed by atoms with E-state index in [0.29, 0.717) is 22.3 Å². The van der Waals surface area contributed by atoms with Gasteiger partial charge in [-0.1, -0.05) is 29.8 Å². The zero-order chi connectivity index (χ0) is 26.9. The van der Waals surface area contributed by atoms with Crippen molar-refractivity contribution in [1.82, 2.24) is 0 Å². The van der Waals surface area contributed by atoms with Crippen molar-refractivity contribution in [3.8, 4) is 5.75 Å². The summed E-state index contributed by atoms with van der Waals surface area (Å²) >= 11 is 0. The van der Waals surface area contributed by atoms with Crippen molar-refractivity contribution >= 4 is 34.8 Å². The predicted molar refractivity (Wildman–Crippen MR) is 135 cm³/mol. The highest BCUT2D eigenvalue weighted by Gasteiger charge is 2.56. The van der Waals surface area contributed by atoms with Gasteiger partial charge in [0.2, 0.25) is 11.8 Å². The molecule has 190 valence electrons. The number of hydrogen-bond donors (Lipinski definition) is 1. The molecule has 2 amide bonds. The first-order valence-electron chi connectivity index (χ1n) is 12.3. The number of allylic oxidation sites excluding steroid dienone is 6. The van der Waals surface area contributed by atoms with Gasteiger partial charge in [0.15, 0.2) is 11.6 Å². The van der Waals surface area contributed by atoms with E-state index in [1.807, 2.05) is 6.08 Å². The molecular formula is C29H22N2O7. The zero-order valence-electron chi connectivity index (χ0n) is 20.3. The third kappa shape index (κ3) is 3.38. The smallest absolute Gasteiger partial charge is 0.271 e. The number of hydrogen-bond acceptors (Lipinski definition) is 7. The molecule has 4 atom stereocenters. The Kier molecular flexibility index (Phi) is 5.27. The molecule has 1 heterocycles. The number of phenols is 1. The van der Waals surface area contributed by atoms with E-state index < -0.39 is 40.4 Å². The molecule has 0 spiro atoms. The number of imide groups is 1. The molecule has 3 aliphatic carbocycles. The topological polar surface area (TPSA) is 135 Å². The molecule has 4 unspecified atom stereocenters. The lowest BCUT2D eigenvalue weighted by Crippen LogP contribution is -2.39. The minimum Gasteiger partial charge on any atom is -0.508 e. The molecule has 0 saturated carbocycles. The lowest BCUT2D eigenvalue weighted by atomic mass is 9.59. The van der Waals surface area contributed by atoms with Crippen LogP contribution in [0.15, 0.2) is 83.0 Å². The van der Waals surface area contributed by atoms with Gasteiger partial charge in [-0.3, -0.25) is 29.3 Å². The maximum absolute atomic E-state index is 13.8. The molecule has 2 aromatic carbocycles. The fraction of sp³-hybridized carbons (Fsp3) is 0.241. The summed E-state index contributed by atoms with van der Waals surface area (Å²) in [4.78, 5) is 65.6. The quantitative estimate of drug-likeness (QED) is 0.217. The van der Waals surface area contributed by atoms with Gasteiger partial charge in [-0.05, 0) is 55.5 Å². The summed E-state index contributed by atoms with van der Waals surface area (Å²) in [6.45, 7) is 1.59. The van der Waals surface area contributed by atoms with E-state index in [9.17, 15) is 34.4 Å². The molecule has 9 heteroatoms. The van der Waals surface area contributed by atoms with Crippen LogP contribution in [-0.4, -0.2) is 33.4 Å². The number of fused-ring (bicyclic) bond motifs is 3. The molecule has 1 aliphatic heterocycles. The minimum atomic E-state index is -0.774. The van der Waals surface area contributed by atoms with E-state index in [-0.39, 0.29) is 41.5 Å². The summed E-state index contributed by atoms with van der Waals surface area (Å²) in [7, 11) is 0. The Morgan fingerprint density at radius 3 is 2.45 bits per heavy atom. The first kappa shape index (κ1) is 23.7. The summed E-state index contributed by atoms with van der Waals surface area (Å²) in [6.07, 6.45) is 3.66. The SMILES string of the molecule is CC1=CC(=O)C2=C(CC3C(=CCC4C(=O)N(c5cccc([N+](=O)[O-])c5)C(=O)C43)C2c2ccc(O)cc2)C1=O. The van der Waals surface area contributed by atoms with Crippen molar-refractivity contribution in [1.29, 1.82) is 0 Å². The minimum absolute atomic E-state index is 0.0546. The third-order valence-corrected chi connectivity index (χ3v) is 8.09. The Bertz CT molecular complexity index is 1560. The average molecular weight is 511 g/mol. The number of phenolic OH excluding ortho intramolecular Hbond substituents is 1. The molecule has 0 bridgehead atoms. The van der Waals surface area contributed by atoms with Gasteiger partial charge in [-0.15, -0.1) is 0 Å². The Morgan fingerprint density at radius 1 is 1.00 bits per heavy atom. The second kappa shape index (κ2) is 8.44. The summed E-state index contributed by atoms with van der Waals surface area (Å²) in [5.74, 6) is -3.91. The Morgan fingerprint density at radius 2 is 1.74 bits per heavy atom. The number of rotatable bonds is 3. The van der Waals surface area contributed by atoms with Crippen LogP contribution in [0, 0.1) is 27.9 Å². The van der Waals surface area contributed by atoms with E-state index in [0.717, 1.165) is 10.5 Å². The summed E-state index contributed by atoms with van der Waals surface area (Å²) in [5, 5.41) is 21.1. The highest BCUT2D eigenvalue weighted by Crippen LogP contribution is 2.55. The highest BCUT2D eigenvalue weighted by atomic mass is 16.6. The van der Waals surface area contributed by atoms with Crippen LogP contribution in [0.1, 0.15) is 31.2 Å². The Balaban J connectivity index is 1.47. The monoisotopic (exact) mass is 510 g/mol. The first-order chi connectivity index (χ1) is 18.2. The van der Waals surface area contributed by atoms with Gasteiger partial charge in [0.05, 0.1) is 22.4 Å². The number of aromatic hydroxyl groups is 1. The van der Waals surface area contributed by atoms with E-state index in [1.165, 1.54) is 42.5 Å². The Hall–Kier alpha value is -4.66. The molecule has 6 rings (SSSR count). The van der Waals surface area contributed by atoms with Crippen molar-refractivity contribution in [2.75, 3.05) is 4.90 Å². The number of nitro groups is 1. The number of Topliss-reactive ketones (excluding diaryl/α,β-unsaturated/α-hetero) is 1. The largest absolute Gasteiger partial charge is 0.508 e. The first-order valence-corrected chi connectivity index (χ1v) is 12.3. The second-order valence-corrected chi connectivity index (χ2v) is 10.1. The molecule has 9 nitrogen and oxygen atoms in total. The summed E-state index contributed by atoms with van der Waals surface area (Å²) < 4.78 is 0. The second-order valence-electron chi connectivity index (χ2n) is 10.1. The van der Waals surface area contributed by atoms with Crippen molar-refractivity contribution in [3.63, 3.8) is 0 Å². The van der Waals surface area contributed by atoms with Gasteiger partial charge >= 0.3 is 0 Å². The fourth-order valence-corrected chi connectivity index (χ4v) is 6.43. The van der Waals surface area contributed by atoms with Crippen molar-refractivity contribution in [2.24, 2.45) is 17.8 Å². The zero-order valence-corrected chi connectivity index (χ0v) is 20.3. The number of carbonyl (C=O) groups excluding carboxylic acids is 4. The average Bonchev–Trinajstić information content (AvgIpc) is 3.16. The van der Waals surface area contributed by atoms with Gasteiger partial charge in [0, 0.05) is 34.8 Å². The predicted octanol–water partition coefficient (Wildman–Crippen LogP) is 3.93. The molecule has 1 saturated heterocycles. The van der Waals surface area contributed by atoms with Crippen LogP contribution in [0.3, 0.4) is 0 Å². The number of benzene rings is 2. The van der Waals surface area contributed by atoms with Gasteiger partial charge in [0.1, 0.15) is 5.75 Å². The molecular weight excluding hydrogens is 488 g/mol. The number of amides is 2. The van der Waals surface area contributed by atoms with Crippen molar-refractivity contribution in [3.05, 3.63) is 98.7 Å². The number of anilines is 1. The van der Waals surface area contributed by atoms with Crippen LogP contribution >= 0.6 is 0 Å². The number of carbonyl (C=O) groups is 4. The van der Waals surface area contributed by atoms with Gasteiger partial charge in [0.25, 0.3) is 5.69 Å². The van der Waals surface area contributed by atoms with Gasteiger partial charge in [-0.25, -0.2) is 4.90 Å².